The zero-order valence-corrected chi connectivity index (χ0v) is 12.8. The molecular formula is C16H23N5. The zero-order chi connectivity index (χ0) is 14.7. The maximum absolute atomic E-state index is 4.67. The Balaban J connectivity index is 1.80. The predicted octanol–water partition coefficient (Wildman–Crippen LogP) is 3.73. The van der Waals surface area contributed by atoms with Crippen molar-refractivity contribution >= 4 is 5.95 Å². The summed E-state index contributed by atoms with van der Waals surface area (Å²) >= 11 is 0. The molecule has 1 aliphatic rings. The average molecular weight is 285 g/mol. The summed E-state index contributed by atoms with van der Waals surface area (Å²) in [5.74, 6) is 1.13. The third kappa shape index (κ3) is 3.23. The summed E-state index contributed by atoms with van der Waals surface area (Å²) in [6.45, 7) is 4.30. The Kier molecular flexibility index (Phi) is 4.18. The maximum atomic E-state index is 4.67. The van der Waals surface area contributed by atoms with Crippen LogP contribution >= 0.6 is 0 Å². The quantitative estimate of drug-likeness (QED) is 0.898. The van der Waals surface area contributed by atoms with Crippen LogP contribution in [0.2, 0.25) is 0 Å². The molecule has 0 radical (unpaired) electrons. The molecule has 1 aliphatic carbocycles. The molecule has 0 amide bonds. The molecule has 0 spiro atoms. The van der Waals surface area contributed by atoms with E-state index in [1.807, 2.05) is 18.5 Å². The number of aromatic amines is 1. The molecule has 1 fully saturated rings. The molecular weight excluding hydrogens is 262 g/mol. The van der Waals surface area contributed by atoms with Gasteiger partial charge in [0.15, 0.2) is 0 Å². The Morgan fingerprint density at radius 1 is 1.24 bits per heavy atom. The minimum atomic E-state index is 0.396. The minimum absolute atomic E-state index is 0.396. The lowest BCUT2D eigenvalue weighted by molar-refractivity contribution is 0.461. The van der Waals surface area contributed by atoms with Gasteiger partial charge in [-0.1, -0.05) is 33.1 Å². The first-order valence-corrected chi connectivity index (χ1v) is 7.87. The van der Waals surface area contributed by atoms with Gasteiger partial charge in [-0.15, -0.1) is 0 Å². The topological polar surface area (TPSA) is 66.5 Å². The van der Waals surface area contributed by atoms with Crippen LogP contribution in [0.5, 0.6) is 0 Å². The summed E-state index contributed by atoms with van der Waals surface area (Å²) in [4.78, 5) is 9.04. The molecule has 0 aliphatic heterocycles. The number of nitrogens with one attached hydrogen (secondary N) is 2. The first kappa shape index (κ1) is 14.0. The maximum Gasteiger partial charge on any atom is 0.223 e. The van der Waals surface area contributed by atoms with E-state index in [9.17, 15) is 0 Å². The zero-order valence-electron chi connectivity index (χ0n) is 12.8. The van der Waals surface area contributed by atoms with E-state index < -0.39 is 0 Å². The molecule has 0 bridgehead atoms. The minimum Gasteiger partial charge on any atom is -0.351 e. The van der Waals surface area contributed by atoms with Crippen LogP contribution in [0, 0.1) is 0 Å². The molecule has 1 saturated carbocycles. The molecule has 5 heteroatoms. The number of anilines is 1. The summed E-state index contributed by atoms with van der Waals surface area (Å²) in [5.41, 5.74) is 3.12. The molecule has 2 N–H and O–H groups in total. The van der Waals surface area contributed by atoms with Crippen LogP contribution in [-0.4, -0.2) is 26.2 Å². The molecule has 0 atom stereocenters. The van der Waals surface area contributed by atoms with Gasteiger partial charge in [0.1, 0.15) is 0 Å². The number of hydrogen-bond donors (Lipinski definition) is 2. The van der Waals surface area contributed by atoms with Crippen molar-refractivity contribution in [2.45, 2.75) is 57.9 Å². The number of rotatable bonds is 4. The van der Waals surface area contributed by atoms with Crippen molar-refractivity contribution in [2.75, 3.05) is 5.32 Å². The van der Waals surface area contributed by atoms with Gasteiger partial charge in [0, 0.05) is 23.5 Å². The van der Waals surface area contributed by atoms with Gasteiger partial charge in [-0.25, -0.2) is 9.97 Å². The SMILES string of the molecule is CC(C)c1[nH]ncc1-c1ccnc(NC2CCCCC2)n1. The van der Waals surface area contributed by atoms with Gasteiger partial charge < -0.3 is 5.32 Å². The Morgan fingerprint density at radius 2 is 2.05 bits per heavy atom. The standard InChI is InChI=1S/C16H23N5/c1-11(2)15-13(10-18-21-15)14-8-9-17-16(20-14)19-12-6-4-3-5-7-12/h8-12H,3-7H2,1-2H3,(H,18,21)(H,17,19,20). The highest BCUT2D eigenvalue weighted by Crippen LogP contribution is 2.26. The summed E-state index contributed by atoms with van der Waals surface area (Å²) in [6.07, 6.45) is 10.1. The van der Waals surface area contributed by atoms with Gasteiger partial charge in [0.2, 0.25) is 5.95 Å². The Bertz CT molecular complexity index is 584. The second-order valence-electron chi connectivity index (χ2n) is 6.10. The lowest BCUT2D eigenvalue weighted by atomic mass is 9.96. The van der Waals surface area contributed by atoms with Gasteiger partial charge in [-0.3, -0.25) is 5.10 Å². The third-order valence-electron chi connectivity index (χ3n) is 4.12. The monoisotopic (exact) mass is 285 g/mol. The molecule has 112 valence electrons. The second-order valence-corrected chi connectivity index (χ2v) is 6.10. The van der Waals surface area contributed by atoms with E-state index in [1.54, 1.807) is 0 Å². The van der Waals surface area contributed by atoms with E-state index in [1.165, 1.54) is 32.1 Å². The molecule has 0 saturated heterocycles. The van der Waals surface area contributed by atoms with Crippen molar-refractivity contribution in [1.82, 2.24) is 20.2 Å². The Labute approximate surface area is 125 Å². The molecule has 21 heavy (non-hydrogen) atoms. The summed E-state index contributed by atoms with van der Waals surface area (Å²) in [6, 6.07) is 2.46. The molecule has 2 aromatic heterocycles. The number of aromatic nitrogens is 4. The normalized spacial score (nSPS) is 16.3. The van der Waals surface area contributed by atoms with Crippen LogP contribution in [-0.2, 0) is 0 Å². The number of nitrogens with zero attached hydrogens (tertiary/aromatic N) is 3. The van der Waals surface area contributed by atoms with Gasteiger partial charge in [0.25, 0.3) is 0 Å². The van der Waals surface area contributed by atoms with Crippen molar-refractivity contribution < 1.29 is 0 Å². The predicted molar refractivity (Wildman–Crippen MR) is 84.2 cm³/mol. The molecule has 3 rings (SSSR count). The van der Waals surface area contributed by atoms with Crippen LogP contribution < -0.4 is 5.32 Å². The van der Waals surface area contributed by atoms with E-state index in [2.05, 4.69) is 39.3 Å². The van der Waals surface area contributed by atoms with Gasteiger partial charge in [-0.05, 0) is 24.8 Å². The fourth-order valence-corrected chi connectivity index (χ4v) is 2.95. The van der Waals surface area contributed by atoms with Crippen LogP contribution in [0.1, 0.15) is 57.6 Å². The van der Waals surface area contributed by atoms with Gasteiger partial charge >= 0.3 is 0 Å². The van der Waals surface area contributed by atoms with Crippen LogP contribution in [0.15, 0.2) is 18.5 Å². The highest BCUT2D eigenvalue weighted by Gasteiger charge is 2.16. The summed E-state index contributed by atoms with van der Waals surface area (Å²) in [7, 11) is 0. The van der Waals surface area contributed by atoms with Gasteiger partial charge in [-0.2, -0.15) is 5.10 Å². The fraction of sp³-hybridized carbons (Fsp3) is 0.562. The highest BCUT2D eigenvalue weighted by molar-refractivity contribution is 5.62. The largest absolute Gasteiger partial charge is 0.351 e. The van der Waals surface area contributed by atoms with Crippen molar-refractivity contribution in [1.29, 1.82) is 0 Å². The smallest absolute Gasteiger partial charge is 0.223 e. The second kappa shape index (κ2) is 6.24. The van der Waals surface area contributed by atoms with Crippen molar-refractivity contribution in [3.05, 3.63) is 24.2 Å². The van der Waals surface area contributed by atoms with Crippen molar-refractivity contribution in [3.63, 3.8) is 0 Å². The summed E-state index contributed by atoms with van der Waals surface area (Å²) < 4.78 is 0. The van der Waals surface area contributed by atoms with E-state index in [0.717, 1.165) is 22.9 Å². The van der Waals surface area contributed by atoms with Crippen LogP contribution in [0.4, 0.5) is 5.95 Å². The average Bonchev–Trinajstić information content (AvgIpc) is 2.98. The summed E-state index contributed by atoms with van der Waals surface area (Å²) in [5, 5.41) is 10.7. The number of H-pyrrole nitrogens is 1. The first-order chi connectivity index (χ1) is 10.2. The first-order valence-electron chi connectivity index (χ1n) is 7.87. The molecule has 2 aromatic rings. The molecule has 0 unspecified atom stereocenters. The fourth-order valence-electron chi connectivity index (χ4n) is 2.95. The molecule has 5 nitrogen and oxygen atoms in total. The van der Waals surface area contributed by atoms with Crippen LogP contribution in [0.25, 0.3) is 11.3 Å². The highest BCUT2D eigenvalue weighted by atomic mass is 15.1. The van der Waals surface area contributed by atoms with E-state index in [-0.39, 0.29) is 0 Å². The molecule has 2 heterocycles. The van der Waals surface area contributed by atoms with Crippen LogP contribution in [0.3, 0.4) is 0 Å². The lowest BCUT2D eigenvalue weighted by Gasteiger charge is -2.22. The number of hydrogen-bond acceptors (Lipinski definition) is 4. The van der Waals surface area contributed by atoms with E-state index in [4.69, 9.17) is 0 Å². The van der Waals surface area contributed by atoms with E-state index in [0.29, 0.717) is 12.0 Å². The lowest BCUT2D eigenvalue weighted by Crippen LogP contribution is -2.23. The molecule has 0 aromatic carbocycles. The third-order valence-corrected chi connectivity index (χ3v) is 4.12. The Morgan fingerprint density at radius 3 is 2.81 bits per heavy atom. The Hall–Kier alpha value is -1.91. The van der Waals surface area contributed by atoms with Crippen molar-refractivity contribution in [3.8, 4) is 11.3 Å². The van der Waals surface area contributed by atoms with Gasteiger partial charge in [0.05, 0.1) is 11.9 Å². The van der Waals surface area contributed by atoms with Crippen molar-refractivity contribution in [2.24, 2.45) is 0 Å². The van der Waals surface area contributed by atoms with E-state index >= 15 is 0 Å².